The summed E-state index contributed by atoms with van der Waals surface area (Å²) in [4.78, 5) is 30.8. The van der Waals surface area contributed by atoms with E-state index in [1.54, 1.807) is 19.2 Å². The fourth-order valence-electron chi connectivity index (χ4n) is 4.31. The summed E-state index contributed by atoms with van der Waals surface area (Å²) in [6, 6.07) is 14.7. The maximum atomic E-state index is 13.2. The van der Waals surface area contributed by atoms with Crippen molar-refractivity contribution in [2.75, 3.05) is 7.11 Å². The summed E-state index contributed by atoms with van der Waals surface area (Å²) in [7, 11) is 1.60. The molecule has 4 rings (SSSR count). The van der Waals surface area contributed by atoms with Gasteiger partial charge in [-0.1, -0.05) is 35.9 Å². The van der Waals surface area contributed by atoms with Crippen molar-refractivity contribution in [3.05, 3.63) is 76.0 Å². The van der Waals surface area contributed by atoms with Gasteiger partial charge in [0.05, 0.1) is 7.11 Å². The van der Waals surface area contributed by atoms with Crippen LogP contribution in [0, 0.1) is 5.92 Å². The summed E-state index contributed by atoms with van der Waals surface area (Å²) in [5.74, 6) is -0.656. The summed E-state index contributed by atoms with van der Waals surface area (Å²) in [6.45, 7) is 1.98. The molecular weight excluding hydrogens is 414 g/mol. The first-order valence-electron chi connectivity index (χ1n) is 10.3. The minimum atomic E-state index is -0.653. The zero-order valence-electron chi connectivity index (χ0n) is 17.6. The van der Waals surface area contributed by atoms with Crippen molar-refractivity contribution in [3.63, 3.8) is 0 Å². The molecule has 1 unspecified atom stereocenters. The molecule has 2 aliphatic rings. The number of aliphatic imine (C=N–C) groups is 1. The van der Waals surface area contributed by atoms with Crippen LogP contribution in [0.2, 0.25) is 5.02 Å². The van der Waals surface area contributed by atoms with E-state index < -0.39 is 11.8 Å². The van der Waals surface area contributed by atoms with E-state index in [4.69, 9.17) is 21.1 Å². The summed E-state index contributed by atoms with van der Waals surface area (Å²) in [5, 5.41) is 0.604. The molecule has 31 heavy (non-hydrogen) atoms. The molecule has 2 aromatic carbocycles. The Bertz CT molecular complexity index is 1050. The van der Waals surface area contributed by atoms with Gasteiger partial charge in [-0.15, -0.1) is 0 Å². The second-order valence-corrected chi connectivity index (χ2v) is 8.29. The van der Waals surface area contributed by atoms with E-state index in [1.165, 1.54) is 0 Å². The molecule has 0 N–H and O–H groups in total. The summed E-state index contributed by atoms with van der Waals surface area (Å²) in [5.41, 5.74) is 3.84. The summed E-state index contributed by atoms with van der Waals surface area (Å²) >= 11 is 6.08. The molecule has 0 fully saturated rings. The third-order valence-electron chi connectivity index (χ3n) is 5.86. The molecule has 0 amide bonds. The van der Waals surface area contributed by atoms with Crippen LogP contribution in [0.3, 0.4) is 0 Å². The molecule has 160 valence electrons. The molecule has 0 aromatic heterocycles. The molecule has 1 aliphatic heterocycles. The SMILES string of the molecule is COc1ccc(COC(=O)C2C(C)=NC3=C(C(=O)CCC3)[C@@H]2c2ccc(Cl)cc2)cc1. The van der Waals surface area contributed by atoms with Gasteiger partial charge in [0.1, 0.15) is 18.3 Å². The number of esters is 1. The lowest BCUT2D eigenvalue weighted by atomic mass is 9.72. The van der Waals surface area contributed by atoms with Gasteiger partial charge in [0.2, 0.25) is 0 Å². The summed E-state index contributed by atoms with van der Waals surface area (Å²) < 4.78 is 10.8. The maximum absolute atomic E-state index is 13.2. The van der Waals surface area contributed by atoms with Gasteiger partial charge < -0.3 is 9.47 Å². The Hall–Kier alpha value is -2.92. The molecule has 2 aromatic rings. The Kier molecular flexibility index (Phi) is 6.23. The smallest absolute Gasteiger partial charge is 0.315 e. The number of nitrogens with zero attached hydrogens (tertiary/aromatic N) is 1. The van der Waals surface area contributed by atoms with Gasteiger partial charge in [-0.2, -0.15) is 0 Å². The number of halogens is 1. The number of methoxy groups -OCH3 is 1. The number of allylic oxidation sites excluding steroid dienone is 2. The minimum absolute atomic E-state index is 0.0606. The third kappa shape index (κ3) is 4.42. The number of ether oxygens (including phenoxy) is 2. The lowest BCUT2D eigenvalue weighted by Crippen LogP contribution is -2.37. The lowest BCUT2D eigenvalue weighted by molar-refractivity contribution is -0.148. The topological polar surface area (TPSA) is 65.0 Å². The normalized spacial score (nSPS) is 20.7. The first kappa shape index (κ1) is 21.3. The van der Waals surface area contributed by atoms with Crippen LogP contribution in [-0.4, -0.2) is 24.6 Å². The van der Waals surface area contributed by atoms with E-state index in [-0.39, 0.29) is 18.4 Å². The van der Waals surface area contributed by atoms with Crippen molar-refractivity contribution in [2.45, 2.75) is 38.7 Å². The van der Waals surface area contributed by atoms with Gasteiger partial charge >= 0.3 is 5.97 Å². The fraction of sp³-hybridized carbons (Fsp3) is 0.320. The molecule has 1 heterocycles. The van der Waals surface area contributed by atoms with Gasteiger partial charge in [0.15, 0.2) is 5.78 Å². The zero-order valence-corrected chi connectivity index (χ0v) is 18.3. The lowest BCUT2D eigenvalue weighted by Gasteiger charge is -2.34. The first-order chi connectivity index (χ1) is 15.0. The van der Waals surface area contributed by atoms with Crippen LogP contribution in [-0.2, 0) is 20.9 Å². The molecule has 0 spiro atoms. The van der Waals surface area contributed by atoms with E-state index >= 15 is 0 Å². The largest absolute Gasteiger partial charge is 0.497 e. The Labute approximate surface area is 186 Å². The predicted octanol–water partition coefficient (Wildman–Crippen LogP) is 5.27. The van der Waals surface area contributed by atoms with Gasteiger partial charge in [-0.25, -0.2) is 0 Å². The van der Waals surface area contributed by atoms with Crippen LogP contribution in [0.4, 0.5) is 0 Å². The van der Waals surface area contributed by atoms with E-state index in [2.05, 4.69) is 4.99 Å². The van der Waals surface area contributed by atoms with Crippen molar-refractivity contribution in [2.24, 2.45) is 10.9 Å². The minimum Gasteiger partial charge on any atom is -0.497 e. The maximum Gasteiger partial charge on any atom is 0.315 e. The van der Waals surface area contributed by atoms with Gasteiger partial charge in [0.25, 0.3) is 0 Å². The van der Waals surface area contributed by atoms with Gasteiger partial charge in [0, 0.05) is 34.3 Å². The standard InChI is InChI=1S/C25H24ClNO4/c1-15-22(25(29)31-14-16-6-12-19(30-2)13-7-16)23(17-8-10-18(26)11-9-17)24-20(27-15)4-3-5-21(24)28/h6-13,22-23H,3-5,14H2,1-2H3/t22?,23-/m1/s1. The fourth-order valence-corrected chi connectivity index (χ4v) is 4.43. The molecule has 2 atom stereocenters. The van der Waals surface area contributed by atoms with Crippen LogP contribution >= 0.6 is 11.6 Å². The Morgan fingerprint density at radius 2 is 1.81 bits per heavy atom. The highest BCUT2D eigenvalue weighted by Gasteiger charge is 2.43. The van der Waals surface area contributed by atoms with E-state index in [9.17, 15) is 9.59 Å². The number of hydrogen-bond acceptors (Lipinski definition) is 5. The highest BCUT2D eigenvalue weighted by Crippen LogP contribution is 2.43. The number of hydrogen-bond donors (Lipinski definition) is 0. The van der Waals surface area contributed by atoms with Gasteiger partial charge in [-0.05, 0) is 55.2 Å². The number of ketones is 1. The first-order valence-corrected chi connectivity index (χ1v) is 10.7. The van der Waals surface area contributed by atoms with Crippen LogP contribution < -0.4 is 4.74 Å². The number of carbonyl (C=O) groups excluding carboxylic acids is 2. The molecule has 6 heteroatoms. The van der Waals surface area contributed by atoms with E-state index in [1.807, 2.05) is 43.3 Å². The number of benzene rings is 2. The molecule has 0 saturated heterocycles. The molecular formula is C25H24ClNO4. The van der Waals surface area contributed by atoms with Crippen molar-refractivity contribution in [3.8, 4) is 5.75 Å². The predicted molar refractivity (Wildman–Crippen MR) is 119 cm³/mol. The Balaban J connectivity index is 1.64. The summed E-state index contributed by atoms with van der Waals surface area (Å²) in [6.07, 6.45) is 2.01. The van der Waals surface area contributed by atoms with Crippen molar-refractivity contribution >= 4 is 29.1 Å². The average molecular weight is 438 g/mol. The van der Waals surface area contributed by atoms with E-state index in [0.29, 0.717) is 22.7 Å². The average Bonchev–Trinajstić information content (AvgIpc) is 2.77. The molecule has 5 nitrogen and oxygen atoms in total. The second kappa shape index (κ2) is 9.06. The number of carbonyl (C=O) groups is 2. The zero-order chi connectivity index (χ0) is 22.0. The quantitative estimate of drug-likeness (QED) is 0.597. The van der Waals surface area contributed by atoms with Crippen molar-refractivity contribution < 1.29 is 19.1 Å². The van der Waals surface area contributed by atoms with Crippen LogP contribution in [0.15, 0.2) is 64.8 Å². The van der Waals surface area contributed by atoms with Crippen LogP contribution in [0.5, 0.6) is 5.75 Å². The third-order valence-corrected chi connectivity index (χ3v) is 6.11. The van der Waals surface area contributed by atoms with Crippen LogP contribution in [0.1, 0.15) is 43.2 Å². The number of rotatable bonds is 5. The molecule has 0 bridgehead atoms. The second-order valence-electron chi connectivity index (χ2n) is 7.85. The monoisotopic (exact) mass is 437 g/mol. The highest BCUT2D eigenvalue weighted by atomic mass is 35.5. The van der Waals surface area contributed by atoms with Crippen LogP contribution in [0.25, 0.3) is 0 Å². The Morgan fingerprint density at radius 3 is 2.48 bits per heavy atom. The Morgan fingerprint density at radius 1 is 1.10 bits per heavy atom. The van der Waals surface area contributed by atoms with Crippen molar-refractivity contribution in [1.82, 2.24) is 0 Å². The molecule has 1 aliphatic carbocycles. The number of Topliss-reactive ketones (excluding diaryl/α,β-unsaturated/α-hetero) is 1. The molecule has 0 radical (unpaired) electrons. The van der Waals surface area contributed by atoms with Gasteiger partial charge in [-0.3, -0.25) is 14.6 Å². The van der Waals surface area contributed by atoms with E-state index in [0.717, 1.165) is 35.4 Å². The molecule has 0 saturated carbocycles. The van der Waals surface area contributed by atoms with Crippen molar-refractivity contribution in [1.29, 1.82) is 0 Å². The highest BCUT2D eigenvalue weighted by molar-refractivity contribution is 6.30.